The molecule has 0 spiro atoms. The number of ether oxygens (including phenoxy) is 1. The third-order valence-corrected chi connectivity index (χ3v) is 2.04. The van der Waals surface area contributed by atoms with E-state index in [1.807, 2.05) is 6.92 Å². The molecule has 0 aromatic heterocycles. The first-order chi connectivity index (χ1) is 4.74. The molecular weight excluding hydrogens is 150 g/mol. The van der Waals surface area contributed by atoms with Gasteiger partial charge in [-0.05, 0) is 13.8 Å². The lowest BCUT2D eigenvalue weighted by Crippen LogP contribution is -2.02. The predicted molar refractivity (Wildman–Crippen MR) is 41.1 cm³/mol. The maximum Gasteiger partial charge on any atom is 0.254 e. The van der Waals surface area contributed by atoms with Crippen LogP contribution in [0.1, 0.15) is 13.8 Å². The molecule has 0 aromatic carbocycles. The molecule has 1 heterocycles. The minimum atomic E-state index is -0.216. The fourth-order valence-electron chi connectivity index (χ4n) is 0.599. The molecule has 0 bridgehead atoms. The van der Waals surface area contributed by atoms with Crippen LogP contribution in [0.2, 0.25) is 0 Å². The summed E-state index contributed by atoms with van der Waals surface area (Å²) in [4.78, 5) is 14.8. The largest absolute Gasteiger partial charge is 0.473 e. The quantitative estimate of drug-likeness (QED) is 0.573. The molecule has 4 heteroatoms. The van der Waals surface area contributed by atoms with Crippen molar-refractivity contribution in [3.63, 3.8) is 0 Å². The molecule has 0 saturated carbocycles. The minimum Gasteiger partial charge on any atom is -0.473 e. The van der Waals surface area contributed by atoms with Crippen LogP contribution in [0.5, 0.6) is 0 Å². The Bertz CT molecular complexity index is 179. The number of hydrogen-bond donors (Lipinski definition) is 0. The van der Waals surface area contributed by atoms with Crippen LogP contribution in [-0.2, 0) is 9.53 Å². The molecule has 0 amide bonds. The summed E-state index contributed by atoms with van der Waals surface area (Å²) >= 11 is 1.09. The first-order valence-corrected chi connectivity index (χ1v) is 3.98. The summed E-state index contributed by atoms with van der Waals surface area (Å²) in [6.45, 7) is 4.21. The van der Waals surface area contributed by atoms with Gasteiger partial charge in [0.15, 0.2) is 0 Å². The summed E-state index contributed by atoms with van der Waals surface area (Å²) in [6.07, 6.45) is 0. The highest BCUT2D eigenvalue weighted by Gasteiger charge is 2.24. The Labute approximate surface area is 63.9 Å². The second-order valence-electron chi connectivity index (χ2n) is 1.93. The van der Waals surface area contributed by atoms with Crippen molar-refractivity contribution in [1.82, 2.24) is 0 Å². The van der Waals surface area contributed by atoms with Crippen LogP contribution < -0.4 is 0 Å². The molecule has 3 nitrogen and oxygen atoms in total. The number of carbonyl (C=O) groups excluding carboxylic acids is 1. The van der Waals surface area contributed by atoms with Crippen molar-refractivity contribution in [2.75, 3.05) is 6.61 Å². The van der Waals surface area contributed by atoms with Gasteiger partial charge < -0.3 is 4.74 Å². The van der Waals surface area contributed by atoms with E-state index in [9.17, 15) is 4.79 Å². The maximum absolute atomic E-state index is 10.8. The van der Waals surface area contributed by atoms with E-state index in [0.29, 0.717) is 11.8 Å². The molecule has 0 saturated heterocycles. The number of carbonyl (C=O) groups is 1. The normalized spacial score (nSPS) is 24.8. The third-order valence-electron chi connectivity index (χ3n) is 1.10. The Morgan fingerprint density at radius 2 is 2.50 bits per heavy atom. The molecule has 1 unspecified atom stereocenters. The number of nitrogens with zero attached hydrogens (tertiary/aromatic N) is 1. The molecule has 1 aliphatic rings. The summed E-state index contributed by atoms with van der Waals surface area (Å²) in [5.41, 5.74) is 0. The summed E-state index contributed by atoms with van der Waals surface area (Å²) in [7, 11) is 0. The summed E-state index contributed by atoms with van der Waals surface area (Å²) < 4.78 is 5.04. The molecule has 1 aliphatic heterocycles. The Kier molecular flexibility index (Phi) is 2.32. The zero-order valence-electron chi connectivity index (χ0n) is 5.96. The Balaban J connectivity index is 2.50. The molecule has 0 aromatic rings. The monoisotopic (exact) mass is 159 g/mol. The van der Waals surface area contributed by atoms with Crippen LogP contribution in [-0.4, -0.2) is 23.0 Å². The zero-order valence-corrected chi connectivity index (χ0v) is 6.77. The Morgan fingerprint density at radius 3 is 2.90 bits per heavy atom. The first kappa shape index (κ1) is 7.60. The van der Waals surface area contributed by atoms with E-state index in [1.165, 1.54) is 0 Å². The molecule has 0 aliphatic carbocycles. The van der Waals surface area contributed by atoms with E-state index < -0.39 is 0 Å². The fraction of sp³-hybridized carbons (Fsp3) is 0.667. The van der Waals surface area contributed by atoms with Crippen LogP contribution in [0.4, 0.5) is 0 Å². The highest BCUT2D eigenvalue weighted by atomic mass is 32.2. The molecular formula is C6H9NO2S. The topological polar surface area (TPSA) is 38.7 Å². The second-order valence-corrected chi connectivity index (χ2v) is 2.88. The van der Waals surface area contributed by atoms with E-state index in [4.69, 9.17) is 4.74 Å². The molecule has 1 atom stereocenters. The Hall–Kier alpha value is -0.510. The van der Waals surface area contributed by atoms with E-state index in [2.05, 4.69) is 4.99 Å². The number of hydrogen-bond acceptors (Lipinski definition) is 4. The molecule has 0 N–H and O–H groups in total. The number of aliphatic imine (C=N–C) groups is 1. The molecule has 56 valence electrons. The fourth-order valence-corrected chi connectivity index (χ4v) is 1.38. The average molecular weight is 159 g/mol. The van der Waals surface area contributed by atoms with Crippen molar-refractivity contribution < 1.29 is 9.53 Å². The van der Waals surface area contributed by atoms with Crippen molar-refractivity contribution >= 4 is 22.1 Å². The van der Waals surface area contributed by atoms with Gasteiger partial charge >= 0.3 is 0 Å². The van der Waals surface area contributed by atoms with Gasteiger partial charge in [0.05, 0.1) is 6.61 Å². The summed E-state index contributed by atoms with van der Waals surface area (Å²) in [5.74, 6) is 0. The lowest BCUT2D eigenvalue weighted by molar-refractivity contribution is -0.111. The minimum absolute atomic E-state index is 0.0726. The van der Waals surface area contributed by atoms with Gasteiger partial charge in [-0.25, -0.2) is 4.99 Å². The van der Waals surface area contributed by atoms with Crippen LogP contribution >= 0.6 is 11.8 Å². The lowest BCUT2D eigenvalue weighted by atomic mass is 10.4. The number of rotatable bonds is 1. The third kappa shape index (κ3) is 1.50. The van der Waals surface area contributed by atoms with Crippen LogP contribution in [0, 0.1) is 0 Å². The van der Waals surface area contributed by atoms with Gasteiger partial charge in [0.25, 0.3) is 5.23 Å². The van der Waals surface area contributed by atoms with Gasteiger partial charge in [-0.1, -0.05) is 0 Å². The van der Waals surface area contributed by atoms with Gasteiger partial charge in [0.2, 0.25) is 5.12 Å². The van der Waals surface area contributed by atoms with Gasteiger partial charge in [-0.3, -0.25) is 4.79 Å². The first-order valence-electron chi connectivity index (χ1n) is 3.16. The predicted octanol–water partition coefficient (Wildman–Crippen LogP) is 1.04. The van der Waals surface area contributed by atoms with Crippen LogP contribution in [0.25, 0.3) is 0 Å². The van der Waals surface area contributed by atoms with E-state index >= 15 is 0 Å². The maximum atomic E-state index is 10.8. The van der Waals surface area contributed by atoms with Gasteiger partial charge in [-0.2, -0.15) is 0 Å². The van der Waals surface area contributed by atoms with Gasteiger partial charge in [0.1, 0.15) is 6.04 Å². The van der Waals surface area contributed by atoms with Crippen molar-refractivity contribution in [3.05, 3.63) is 0 Å². The number of thioether (sulfide) groups is 1. The molecule has 1 rings (SSSR count). The van der Waals surface area contributed by atoms with Crippen LogP contribution in [0.15, 0.2) is 4.99 Å². The SMILES string of the molecule is CCOC1=NC(C)C(=O)S1. The van der Waals surface area contributed by atoms with E-state index in [-0.39, 0.29) is 11.2 Å². The highest BCUT2D eigenvalue weighted by molar-refractivity contribution is 8.26. The summed E-state index contributed by atoms with van der Waals surface area (Å²) in [6, 6.07) is -0.216. The van der Waals surface area contributed by atoms with Crippen molar-refractivity contribution in [2.45, 2.75) is 19.9 Å². The van der Waals surface area contributed by atoms with Crippen molar-refractivity contribution in [3.8, 4) is 0 Å². The lowest BCUT2D eigenvalue weighted by Gasteiger charge is -1.95. The standard InChI is InChI=1S/C6H9NO2S/c1-3-9-6-7-4(2)5(8)10-6/h4H,3H2,1-2H3. The van der Waals surface area contributed by atoms with Crippen LogP contribution in [0.3, 0.4) is 0 Å². The summed E-state index contributed by atoms with van der Waals surface area (Å²) in [5, 5.41) is 0.587. The highest BCUT2D eigenvalue weighted by Crippen LogP contribution is 2.19. The smallest absolute Gasteiger partial charge is 0.254 e. The van der Waals surface area contributed by atoms with Crippen molar-refractivity contribution in [1.29, 1.82) is 0 Å². The Morgan fingerprint density at radius 1 is 1.80 bits per heavy atom. The second kappa shape index (κ2) is 3.05. The molecule has 0 fully saturated rings. The van der Waals surface area contributed by atoms with Gasteiger partial charge in [-0.15, -0.1) is 0 Å². The van der Waals surface area contributed by atoms with Crippen molar-refractivity contribution in [2.24, 2.45) is 4.99 Å². The molecule has 10 heavy (non-hydrogen) atoms. The average Bonchev–Trinajstić information content (AvgIpc) is 2.14. The van der Waals surface area contributed by atoms with Gasteiger partial charge in [0, 0.05) is 11.8 Å². The van der Waals surface area contributed by atoms with E-state index in [0.717, 1.165) is 11.8 Å². The van der Waals surface area contributed by atoms with E-state index in [1.54, 1.807) is 6.92 Å². The molecule has 0 radical (unpaired) electrons. The zero-order chi connectivity index (χ0) is 7.56.